The maximum Gasteiger partial charge on any atom is 0.129 e. The van der Waals surface area contributed by atoms with Gasteiger partial charge in [-0.3, -0.25) is 0 Å². The molecule has 1 N–H and O–H groups in total. The minimum absolute atomic E-state index is 0.187. The molecule has 0 spiro atoms. The number of fused-ring (bicyclic) bond motifs is 1. The van der Waals surface area contributed by atoms with E-state index in [9.17, 15) is 9.50 Å². The van der Waals surface area contributed by atoms with Crippen molar-refractivity contribution < 1.29 is 14.2 Å². The Balaban J connectivity index is 1.31. The first kappa shape index (κ1) is 22.9. The van der Waals surface area contributed by atoms with Crippen molar-refractivity contribution in [3.8, 4) is 16.9 Å². The first-order chi connectivity index (χ1) is 16.3. The Morgan fingerprint density at radius 1 is 1.06 bits per heavy atom. The summed E-state index contributed by atoms with van der Waals surface area (Å²) in [5.74, 6) is 2.13. The summed E-state index contributed by atoms with van der Waals surface area (Å²) in [6.45, 7) is 7.92. The molecule has 0 amide bonds. The van der Waals surface area contributed by atoms with Gasteiger partial charge in [0.1, 0.15) is 24.0 Å². The zero-order valence-corrected chi connectivity index (χ0v) is 20.3. The lowest BCUT2D eigenvalue weighted by Gasteiger charge is -2.36. The SMILES string of the molecule is Cc1nc(N2CCC(C)(O)CC2)ccc1-c1ccc(F)c(COc2ccc3c(c2)CC(C)C3)c1. The van der Waals surface area contributed by atoms with Crippen molar-refractivity contribution in [2.45, 2.75) is 58.7 Å². The molecule has 1 fully saturated rings. The van der Waals surface area contributed by atoms with E-state index in [4.69, 9.17) is 9.72 Å². The van der Waals surface area contributed by atoms with Gasteiger partial charge in [-0.25, -0.2) is 9.37 Å². The normalized spacial score (nSPS) is 19.2. The van der Waals surface area contributed by atoms with Gasteiger partial charge in [0.15, 0.2) is 0 Å². The van der Waals surface area contributed by atoms with Crippen molar-refractivity contribution in [1.82, 2.24) is 4.98 Å². The molecular formula is C29H33FN2O2. The van der Waals surface area contributed by atoms with Gasteiger partial charge in [-0.15, -0.1) is 0 Å². The molecule has 1 saturated heterocycles. The van der Waals surface area contributed by atoms with Crippen molar-refractivity contribution in [2.24, 2.45) is 5.92 Å². The quantitative estimate of drug-likeness (QED) is 0.518. The first-order valence-electron chi connectivity index (χ1n) is 12.3. The highest BCUT2D eigenvalue weighted by Crippen LogP contribution is 2.32. The summed E-state index contributed by atoms with van der Waals surface area (Å²) in [5, 5.41) is 10.2. The van der Waals surface area contributed by atoms with E-state index in [2.05, 4.69) is 30.0 Å². The summed E-state index contributed by atoms with van der Waals surface area (Å²) in [7, 11) is 0. The minimum atomic E-state index is -0.587. The fourth-order valence-electron chi connectivity index (χ4n) is 5.16. The van der Waals surface area contributed by atoms with Crippen LogP contribution in [0.2, 0.25) is 0 Å². The van der Waals surface area contributed by atoms with Gasteiger partial charge in [0, 0.05) is 29.9 Å². The number of rotatable bonds is 5. The van der Waals surface area contributed by atoms with Crippen molar-refractivity contribution in [1.29, 1.82) is 0 Å². The maximum atomic E-state index is 14.6. The lowest BCUT2D eigenvalue weighted by molar-refractivity contribution is 0.0350. The summed E-state index contributed by atoms with van der Waals surface area (Å²) in [4.78, 5) is 7.04. The number of halogens is 1. The molecule has 34 heavy (non-hydrogen) atoms. The fourth-order valence-corrected chi connectivity index (χ4v) is 5.16. The summed E-state index contributed by atoms with van der Waals surface area (Å²) in [6.07, 6.45) is 3.67. The number of piperidine rings is 1. The molecule has 2 aromatic carbocycles. The van der Waals surface area contributed by atoms with Crippen molar-refractivity contribution in [3.05, 3.63) is 76.7 Å². The number of benzene rings is 2. The second kappa shape index (κ2) is 9.03. The maximum absolute atomic E-state index is 14.6. The van der Waals surface area contributed by atoms with E-state index < -0.39 is 5.60 Å². The number of nitrogens with zero attached hydrogens (tertiary/aromatic N) is 2. The van der Waals surface area contributed by atoms with Crippen LogP contribution in [0, 0.1) is 18.7 Å². The van der Waals surface area contributed by atoms with E-state index in [1.54, 1.807) is 6.07 Å². The molecule has 3 aromatic rings. The third kappa shape index (κ3) is 4.80. The van der Waals surface area contributed by atoms with E-state index in [0.717, 1.165) is 67.2 Å². The molecule has 5 heteroatoms. The van der Waals surface area contributed by atoms with Crippen LogP contribution < -0.4 is 9.64 Å². The zero-order valence-electron chi connectivity index (χ0n) is 20.3. The van der Waals surface area contributed by atoms with Gasteiger partial charge < -0.3 is 14.7 Å². The highest BCUT2D eigenvalue weighted by Gasteiger charge is 2.28. The molecule has 2 aliphatic rings. The van der Waals surface area contributed by atoms with Gasteiger partial charge in [-0.05, 0) is 98.5 Å². The molecule has 0 bridgehead atoms. The third-order valence-corrected chi connectivity index (χ3v) is 7.30. The average Bonchev–Trinajstić information content (AvgIpc) is 3.18. The van der Waals surface area contributed by atoms with Gasteiger partial charge in [0.05, 0.1) is 5.60 Å². The van der Waals surface area contributed by atoms with Crippen LogP contribution >= 0.6 is 0 Å². The molecule has 1 aromatic heterocycles. The van der Waals surface area contributed by atoms with Crippen LogP contribution in [0.5, 0.6) is 5.75 Å². The summed E-state index contributed by atoms with van der Waals surface area (Å²) < 4.78 is 20.6. The van der Waals surface area contributed by atoms with Crippen molar-refractivity contribution in [3.63, 3.8) is 0 Å². The van der Waals surface area contributed by atoms with Crippen LogP contribution in [0.25, 0.3) is 11.1 Å². The van der Waals surface area contributed by atoms with Crippen LogP contribution in [0.3, 0.4) is 0 Å². The molecule has 0 radical (unpaired) electrons. The van der Waals surface area contributed by atoms with Crippen molar-refractivity contribution in [2.75, 3.05) is 18.0 Å². The van der Waals surface area contributed by atoms with Crippen LogP contribution in [0.15, 0.2) is 48.5 Å². The van der Waals surface area contributed by atoms with Crippen LogP contribution in [-0.4, -0.2) is 28.8 Å². The van der Waals surface area contributed by atoms with E-state index >= 15 is 0 Å². The largest absolute Gasteiger partial charge is 0.489 e. The standard InChI is InChI=1S/C29H33FN2O2/c1-19-14-21-4-6-25(17-23(21)15-19)34-18-24-16-22(5-8-27(24)30)26-7-9-28(31-20(26)2)32-12-10-29(3,33)11-13-32/h4-9,16-17,19,33H,10-15,18H2,1-3H3. The number of aryl methyl sites for hydroxylation is 1. The molecule has 1 aliphatic carbocycles. The predicted molar refractivity (Wildman–Crippen MR) is 134 cm³/mol. The number of hydrogen-bond acceptors (Lipinski definition) is 4. The number of ether oxygens (including phenoxy) is 1. The Morgan fingerprint density at radius 3 is 2.59 bits per heavy atom. The monoisotopic (exact) mass is 460 g/mol. The van der Waals surface area contributed by atoms with E-state index in [-0.39, 0.29) is 12.4 Å². The molecule has 1 aliphatic heterocycles. The highest BCUT2D eigenvalue weighted by molar-refractivity contribution is 5.68. The molecule has 1 unspecified atom stereocenters. The predicted octanol–water partition coefficient (Wildman–Crippen LogP) is 5.86. The Hall–Kier alpha value is -2.92. The number of pyridine rings is 1. The molecule has 4 nitrogen and oxygen atoms in total. The first-order valence-corrected chi connectivity index (χ1v) is 12.3. The van der Waals surface area contributed by atoms with E-state index in [0.29, 0.717) is 11.5 Å². The number of anilines is 1. The molecule has 1 atom stereocenters. The van der Waals surface area contributed by atoms with Crippen LogP contribution in [0.4, 0.5) is 10.2 Å². The Morgan fingerprint density at radius 2 is 1.82 bits per heavy atom. The molecule has 0 saturated carbocycles. The molecular weight excluding hydrogens is 427 g/mol. The Labute approximate surface area is 201 Å². The smallest absolute Gasteiger partial charge is 0.129 e. The minimum Gasteiger partial charge on any atom is -0.489 e. The van der Waals surface area contributed by atoms with Gasteiger partial charge in [0.2, 0.25) is 0 Å². The van der Waals surface area contributed by atoms with Crippen molar-refractivity contribution >= 4 is 5.82 Å². The van der Waals surface area contributed by atoms with E-state index in [1.165, 1.54) is 17.2 Å². The molecule has 5 rings (SSSR count). The Kier molecular flexibility index (Phi) is 6.07. The Bertz CT molecular complexity index is 1200. The summed E-state index contributed by atoms with van der Waals surface area (Å²) >= 11 is 0. The van der Waals surface area contributed by atoms with Gasteiger partial charge in [-0.1, -0.05) is 19.1 Å². The van der Waals surface area contributed by atoms with E-state index in [1.807, 2.05) is 32.0 Å². The summed E-state index contributed by atoms with van der Waals surface area (Å²) in [5.41, 5.74) is 5.51. The number of hydrogen-bond donors (Lipinski definition) is 1. The van der Waals surface area contributed by atoms with Gasteiger partial charge in [0.25, 0.3) is 0 Å². The number of aliphatic hydroxyl groups is 1. The second-order valence-corrected chi connectivity index (χ2v) is 10.3. The van der Waals surface area contributed by atoms with Crippen LogP contribution in [-0.2, 0) is 19.4 Å². The van der Waals surface area contributed by atoms with Gasteiger partial charge in [-0.2, -0.15) is 0 Å². The third-order valence-electron chi connectivity index (χ3n) is 7.30. The molecule has 2 heterocycles. The molecule has 178 valence electrons. The second-order valence-electron chi connectivity index (χ2n) is 10.3. The fraction of sp³-hybridized carbons (Fsp3) is 0.414. The lowest BCUT2D eigenvalue weighted by atomic mass is 9.94. The van der Waals surface area contributed by atoms with Crippen LogP contribution in [0.1, 0.15) is 49.1 Å². The average molecular weight is 461 g/mol. The zero-order chi connectivity index (χ0) is 23.9. The highest BCUT2D eigenvalue weighted by atomic mass is 19.1. The number of aromatic nitrogens is 1. The topological polar surface area (TPSA) is 45.6 Å². The summed E-state index contributed by atoms with van der Waals surface area (Å²) in [6, 6.07) is 15.5. The lowest BCUT2D eigenvalue weighted by Crippen LogP contribution is -2.42. The van der Waals surface area contributed by atoms with Gasteiger partial charge >= 0.3 is 0 Å².